The molecule has 2 heterocycles. The number of thioether (sulfide) groups is 1. The second kappa shape index (κ2) is 10.2. The molecule has 0 bridgehead atoms. The third-order valence-electron chi connectivity index (χ3n) is 5.40. The molecule has 0 unspecified atom stereocenters. The average Bonchev–Trinajstić information content (AvgIpc) is 2.69. The Kier molecular flexibility index (Phi) is 7.65. The van der Waals surface area contributed by atoms with Crippen molar-refractivity contribution in [3.63, 3.8) is 0 Å². The number of piperidine rings is 1. The monoisotopic (exact) mass is 377 g/mol. The zero-order chi connectivity index (χ0) is 18.2. The summed E-state index contributed by atoms with van der Waals surface area (Å²) in [6.45, 7) is 5.53. The summed E-state index contributed by atoms with van der Waals surface area (Å²) in [4.78, 5) is 16.0. The summed E-state index contributed by atoms with van der Waals surface area (Å²) in [6.07, 6.45) is 6.28. The fourth-order valence-corrected chi connectivity index (χ4v) is 4.35. The Labute approximate surface area is 161 Å². The van der Waals surface area contributed by atoms with E-state index in [0.717, 1.165) is 65.1 Å². The summed E-state index contributed by atoms with van der Waals surface area (Å²) in [5.41, 5.74) is 1.42. The molecule has 26 heavy (non-hydrogen) atoms. The van der Waals surface area contributed by atoms with Gasteiger partial charge in [-0.2, -0.15) is 0 Å². The summed E-state index contributed by atoms with van der Waals surface area (Å²) in [6, 6.07) is 8.92. The minimum atomic E-state index is -0.0202. The smallest absolute Gasteiger partial charge is 0.315 e. The number of urea groups is 1. The van der Waals surface area contributed by atoms with Crippen molar-refractivity contribution in [2.45, 2.75) is 43.2 Å². The molecule has 0 saturated carbocycles. The number of rotatable bonds is 6. The van der Waals surface area contributed by atoms with Gasteiger partial charge in [0, 0.05) is 37.2 Å². The van der Waals surface area contributed by atoms with Crippen LogP contribution >= 0.6 is 11.8 Å². The van der Waals surface area contributed by atoms with Crippen molar-refractivity contribution >= 4 is 17.8 Å². The van der Waals surface area contributed by atoms with Gasteiger partial charge < -0.3 is 15.4 Å². The average molecular weight is 378 g/mol. The molecule has 2 saturated heterocycles. The molecule has 0 spiro atoms. The minimum absolute atomic E-state index is 0.0202. The van der Waals surface area contributed by atoms with E-state index in [-0.39, 0.29) is 12.1 Å². The Hall–Kier alpha value is -1.24. The SMILES string of the molecule is CSc1ccccc1CN1CCC(CNC(=O)NC2CCOCC2)CC1. The van der Waals surface area contributed by atoms with Gasteiger partial charge >= 0.3 is 6.03 Å². The number of nitrogens with zero attached hydrogens (tertiary/aromatic N) is 1. The fourth-order valence-electron chi connectivity index (χ4n) is 3.74. The minimum Gasteiger partial charge on any atom is -0.381 e. The third kappa shape index (κ3) is 5.89. The molecule has 0 radical (unpaired) electrons. The molecule has 0 aromatic heterocycles. The molecule has 2 amide bonds. The van der Waals surface area contributed by atoms with E-state index in [0.29, 0.717) is 5.92 Å². The van der Waals surface area contributed by atoms with Crippen LogP contribution in [0.3, 0.4) is 0 Å². The standard InChI is InChI=1S/C20H31N3O2S/c1-26-19-5-3-2-4-17(19)15-23-10-6-16(7-11-23)14-21-20(24)22-18-8-12-25-13-9-18/h2-5,16,18H,6-15H2,1H3,(H2,21,22,24). The number of ether oxygens (including phenoxy) is 1. The van der Waals surface area contributed by atoms with Gasteiger partial charge in [-0.3, -0.25) is 4.90 Å². The van der Waals surface area contributed by atoms with Crippen molar-refractivity contribution in [2.75, 3.05) is 39.1 Å². The van der Waals surface area contributed by atoms with Gasteiger partial charge in [-0.05, 0) is 62.6 Å². The molecule has 2 aliphatic heterocycles. The third-order valence-corrected chi connectivity index (χ3v) is 6.24. The maximum atomic E-state index is 12.1. The summed E-state index contributed by atoms with van der Waals surface area (Å²) in [7, 11) is 0. The van der Waals surface area contributed by atoms with E-state index < -0.39 is 0 Å². The summed E-state index contributed by atoms with van der Waals surface area (Å²) in [5, 5.41) is 6.14. The predicted octanol–water partition coefficient (Wildman–Crippen LogP) is 3.10. The first-order chi connectivity index (χ1) is 12.7. The Balaban J connectivity index is 1.35. The van der Waals surface area contributed by atoms with Gasteiger partial charge in [-0.1, -0.05) is 18.2 Å². The molecule has 2 fully saturated rings. The van der Waals surface area contributed by atoms with Gasteiger partial charge in [0.1, 0.15) is 0 Å². The largest absolute Gasteiger partial charge is 0.381 e. The number of amides is 2. The number of carbonyl (C=O) groups is 1. The molecule has 0 atom stereocenters. The first kappa shape index (κ1) is 19.5. The topological polar surface area (TPSA) is 53.6 Å². The lowest BCUT2D eigenvalue weighted by Crippen LogP contribution is -2.46. The Morgan fingerprint density at radius 3 is 2.65 bits per heavy atom. The zero-order valence-corrected chi connectivity index (χ0v) is 16.5. The van der Waals surface area contributed by atoms with Crippen LogP contribution in [-0.2, 0) is 11.3 Å². The van der Waals surface area contributed by atoms with Crippen LogP contribution in [0.1, 0.15) is 31.2 Å². The molecular weight excluding hydrogens is 346 g/mol. The predicted molar refractivity (Wildman–Crippen MR) is 107 cm³/mol. The number of carbonyl (C=O) groups excluding carboxylic acids is 1. The van der Waals surface area contributed by atoms with Crippen LogP contribution in [0.5, 0.6) is 0 Å². The highest BCUT2D eigenvalue weighted by Crippen LogP contribution is 2.24. The Bertz CT molecular complexity index is 570. The molecule has 144 valence electrons. The first-order valence-electron chi connectivity index (χ1n) is 9.71. The molecule has 2 N–H and O–H groups in total. The van der Waals surface area contributed by atoms with Crippen molar-refractivity contribution in [1.82, 2.24) is 15.5 Å². The Morgan fingerprint density at radius 1 is 1.19 bits per heavy atom. The number of hydrogen-bond donors (Lipinski definition) is 2. The normalized spacial score (nSPS) is 20.0. The van der Waals surface area contributed by atoms with Crippen molar-refractivity contribution in [1.29, 1.82) is 0 Å². The number of benzene rings is 1. The van der Waals surface area contributed by atoms with Crippen LogP contribution in [0.15, 0.2) is 29.2 Å². The molecule has 2 aliphatic rings. The quantitative estimate of drug-likeness (QED) is 0.748. The van der Waals surface area contributed by atoms with Gasteiger partial charge in [0.25, 0.3) is 0 Å². The van der Waals surface area contributed by atoms with E-state index in [4.69, 9.17) is 4.74 Å². The van der Waals surface area contributed by atoms with Crippen molar-refractivity contribution in [3.05, 3.63) is 29.8 Å². The maximum Gasteiger partial charge on any atom is 0.315 e. The van der Waals surface area contributed by atoms with Gasteiger partial charge in [0.2, 0.25) is 0 Å². The van der Waals surface area contributed by atoms with E-state index >= 15 is 0 Å². The van der Waals surface area contributed by atoms with Gasteiger partial charge in [0.15, 0.2) is 0 Å². The maximum absolute atomic E-state index is 12.1. The molecule has 3 rings (SSSR count). The molecule has 0 aliphatic carbocycles. The molecule has 1 aromatic rings. The van der Waals surface area contributed by atoms with Crippen LogP contribution in [0, 0.1) is 5.92 Å². The van der Waals surface area contributed by atoms with Crippen LogP contribution in [0.2, 0.25) is 0 Å². The lowest BCUT2D eigenvalue weighted by Gasteiger charge is -2.32. The number of likely N-dealkylation sites (tertiary alicyclic amines) is 1. The lowest BCUT2D eigenvalue weighted by molar-refractivity contribution is 0.0799. The highest BCUT2D eigenvalue weighted by atomic mass is 32.2. The van der Waals surface area contributed by atoms with Crippen molar-refractivity contribution < 1.29 is 9.53 Å². The first-order valence-corrected chi connectivity index (χ1v) is 10.9. The van der Waals surface area contributed by atoms with E-state index in [9.17, 15) is 4.79 Å². The zero-order valence-electron chi connectivity index (χ0n) is 15.7. The van der Waals surface area contributed by atoms with Crippen LogP contribution < -0.4 is 10.6 Å². The van der Waals surface area contributed by atoms with Gasteiger partial charge in [0.05, 0.1) is 0 Å². The van der Waals surface area contributed by atoms with Crippen LogP contribution in [-0.4, -0.2) is 56.1 Å². The highest BCUT2D eigenvalue weighted by Gasteiger charge is 2.21. The van der Waals surface area contributed by atoms with Crippen LogP contribution in [0.4, 0.5) is 4.79 Å². The fraction of sp³-hybridized carbons (Fsp3) is 0.650. The van der Waals surface area contributed by atoms with E-state index in [1.165, 1.54) is 10.5 Å². The van der Waals surface area contributed by atoms with Crippen LogP contribution in [0.25, 0.3) is 0 Å². The van der Waals surface area contributed by atoms with E-state index in [2.05, 4.69) is 46.1 Å². The van der Waals surface area contributed by atoms with Crippen molar-refractivity contribution in [3.8, 4) is 0 Å². The molecule has 5 nitrogen and oxygen atoms in total. The summed E-state index contributed by atoms with van der Waals surface area (Å²) >= 11 is 1.82. The van der Waals surface area contributed by atoms with Gasteiger partial charge in [-0.15, -0.1) is 11.8 Å². The summed E-state index contributed by atoms with van der Waals surface area (Å²) in [5.74, 6) is 0.586. The van der Waals surface area contributed by atoms with E-state index in [1.807, 2.05) is 11.8 Å². The Morgan fingerprint density at radius 2 is 1.92 bits per heavy atom. The second-order valence-corrected chi connectivity index (χ2v) is 8.12. The number of nitrogens with one attached hydrogen (secondary N) is 2. The molecular formula is C20H31N3O2S. The molecule has 1 aromatic carbocycles. The van der Waals surface area contributed by atoms with Crippen molar-refractivity contribution in [2.24, 2.45) is 5.92 Å². The lowest BCUT2D eigenvalue weighted by atomic mass is 9.96. The number of hydrogen-bond acceptors (Lipinski definition) is 4. The summed E-state index contributed by atoms with van der Waals surface area (Å²) < 4.78 is 5.33. The van der Waals surface area contributed by atoms with Gasteiger partial charge in [-0.25, -0.2) is 4.79 Å². The highest BCUT2D eigenvalue weighted by molar-refractivity contribution is 7.98. The molecule has 6 heteroatoms. The second-order valence-electron chi connectivity index (χ2n) is 7.27. The van der Waals surface area contributed by atoms with E-state index in [1.54, 1.807) is 0 Å².